The van der Waals surface area contributed by atoms with Gasteiger partial charge in [-0.3, -0.25) is 0 Å². The van der Waals surface area contributed by atoms with Crippen LogP contribution in [0.2, 0.25) is 0 Å². The summed E-state index contributed by atoms with van der Waals surface area (Å²) in [7, 11) is 0. The van der Waals surface area contributed by atoms with Gasteiger partial charge in [0.1, 0.15) is 5.69 Å². The van der Waals surface area contributed by atoms with Crippen LogP contribution in [0.1, 0.15) is 18.1 Å². The largest absolute Gasteiger partial charge is 0.204 e. The first kappa shape index (κ1) is 10.9. The molecule has 0 aliphatic rings. The molecule has 0 bridgehead atoms. The van der Waals surface area contributed by atoms with Crippen LogP contribution in [0.3, 0.4) is 0 Å². The molecule has 4 nitrogen and oxygen atoms in total. The Kier molecular flexibility index (Phi) is 2.82. The van der Waals surface area contributed by atoms with Crippen molar-refractivity contribution in [1.82, 2.24) is 20.2 Å². The zero-order valence-electron chi connectivity index (χ0n) is 8.23. The van der Waals surface area contributed by atoms with Crippen LogP contribution < -0.4 is 0 Å². The molecule has 16 heavy (non-hydrogen) atoms. The summed E-state index contributed by atoms with van der Waals surface area (Å²) in [6.45, 7) is 1.61. The molecule has 0 radical (unpaired) electrons. The summed E-state index contributed by atoms with van der Waals surface area (Å²) in [6.07, 6.45) is 0. The Hall–Kier alpha value is -1.56. The monoisotopic (exact) mass is 244 g/mol. The van der Waals surface area contributed by atoms with Crippen molar-refractivity contribution >= 4 is 11.6 Å². The van der Waals surface area contributed by atoms with E-state index in [1.54, 1.807) is 6.92 Å². The first-order valence-electron chi connectivity index (χ1n) is 4.48. The second-order valence-corrected chi connectivity index (χ2v) is 3.79. The molecule has 0 aliphatic carbocycles. The summed E-state index contributed by atoms with van der Waals surface area (Å²) in [4.78, 5) is 0. The molecule has 0 spiro atoms. The first-order chi connectivity index (χ1) is 7.61. The predicted octanol–water partition coefficient (Wildman–Crippen LogP) is 2.24. The maximum Gasteiger partial charge on any atom is 0.174 e. The van der Waals surface area contributed by atoms with E-state index in [9.17, 15) is 8.78 Å². The molecule has 1 atom stereocenters. The van der Waals surface area contributed by atoms with E-state index in [-0.39, 0.29) is 11.5 Å². The number of aromatic nitrogens is 4. The van der Waals surface area contributed by atoms with E-state index in [1.807, 2.05) is 0 Å². The molecular weight excluding hydrogens is 238 g/mol. The zero-order chi connectivity index (χ0) is 11.7. The van der Waals surface area contributed by atoms with Crippen molar-refractivity contribution in [3.63, 3.8) is 0 Å². The third-order valence-electron chi connectivity index (χ3n) is 2.00. The zero-order valence-corrected chi connectivity index (χ0v) is 8.99. The van der Waals surface area contributed by atoms with Gasteiger partial charge in [-0.25, -0.2) is 8.78 Å². The van der Waals surface area contributed by atoms with Gasteiger partial charge in [-0.05, 0) is 29.5 Å². The molecular formula is C9H7ClF2N4. The van der Waals surface area contributed by atoms with Crippen molar-refractivity contribution in [1.29, 1.82) is 0 Å². The third-order valence-corrected chi connectivity index (χ3v) is 2.19. The van der Waals surface area contributed by atoms with E-state index >= 15 is 0 Å². The van der Waals surface area contributed by atoms with Crippen LogP contribution in [0.4, 0.5) is 8.78 Å². The van der Waals surface area contributed by atoms with Crippen LogP contribution >= 0.6 is 11.6 Å². The van der Waals surface area contributed by atoms with Gasteiger partial charge in [0.05, 0.1) is 5.38 Å². The summed E-state index contributed by atoms with van der Waals surface area (Å²) in [5.74, 6) is -1.30. The molecule has 7 heteroatoms. The molecule has 0 saturated carbocycles. The summed E-state index contributed by atoms with van der Waals surface area (Å²) in [5.41, 5.74) is -0.324. The number of alkyl halides is 1. The molecule has 2 aromatic rings. The van der Waals surface area contributed by atoms with Crippen molar-refractivity contribution in [3.05, 3.63) is 35.7 Å². The Morgan fingerprint density at radius 3 is 2.50 bits per heavy atom. The highest BCUT2D eigenvalue weighted by atomic mass is 35.5. The Morgan fingerprint density at radius 1 is 1.31 bits per heavy atom. The van der Waals surface area contributed by atoms with Crippen LogP contribution in [-0.2, 0) is 0 Å². The number of hydrogen-bond acceptors (Lipinski definition) is 3. The second kappa shape index (κ2) is 4.13. The average Bonchev–Trinajstić information content (AvgIpc) is 2.66. The molecule has 1 aromatic heterocycles. The third kappa shape index (κ3) is 1.76. The van der Waals surface area contributed by atoms with Crippen LogP contribution in [0.15, 0.2) is 18.2 Å². The van der Waals surface area contributed by atoms with Gasteiger partial charge in [0.15, 0.2) is 17.5 Å². The standard InChI is InChI=1S/C9H7ClF2N4/c1-5(10)9-13-14-15-16(9)8-6(11)3-2-4-7(8)12/h2-5H,1H3. The Morgan fingerprint density at radius 2 is 1.94 bits per heavy atom. The van der Waals surface area contributed by atoms with Gasteiger partial charge in [-0.2, -0.15) is 4.68 Å². The maximum absolute atomic E-state index is 13.5. The summed E-state index contributed by atoms with van der Waals surface area (Å²) < 4.78 is 27.9. The van der Waals surface area contributed by atoms with Crippen molar-refractivity contribution in [2.45, 2.75) is 12.3 Å². The van der Waals surface area contributed by atoms with E-state index in [1.165, 1.54) is 6.07 Å². The highest BCUT2D eigenvalue weighted by Crippen LogP contribution is 2.22. The quantitative estimate of drug-likeness (QED) is 0.761. The number of tetrazole rings is 1. The highest BCUT2D eigenvalue weighted by Gasteiger charge is 2.19. The van der Waals surface area contributed by atoms with E-state index in [4.69, 9.17) is 11.6 Å². The van der Waals surface area contributed by atoms with Crippen LogP contribution in [0, 0.1) is 11.6 Å². The topological polar surface area (TPSA) is 43.6 Å². The molecule has 0 saturated heterocycles. The molecule has 1 aromatic carbocycles. The van der Waals surface area contributed by atoms with Gasteiger partial charge in [0.2, 0.25) is 0 Å². The summed E-state index contributed by atoms with van der Waals surface area (Å²) in [6, 6.07) is 3.52. The lowest BCUT2D eigenvalue weighted by Gasteiger charge is -2.07. The van der Waals surface area contributed by atoms with Crippen LogP contribution in [-0.4, -0.2) is 20.2 Å². The number of halogens is 3. The van der Waals surface area contributed by atoms with Gasteiger partial charge < -0.3 is 0 Å². The van der Waals surface area contributed by atoms with Crippen LogP contribution in [0.5, 0.6) is 0 Å². The fraction of sp³-hybridized carbons (Fsp3) is 0.222. The smallest absolute Gasteiger partial charge is 0.174 e. The van der Waals surface area contributed by atoms with Gasteiger partial charge in [-0.1, -0.05) is 6.07 Å². The number of hydrogen-bond donors (Lipinski definition) is 0. The molecule has 0 N–H and O–H groups in total. The second-order valence-electron chi connectivity index (χ2n) is 3.14. The SMILES string of the molecule is CC(Cl)c1nnnn1-c1c(F)cccc1F. The van der Waals surface area contributed by atoms with E-state index < -0.39 is 17.0 Å². The predicted molar refractivity (Wildman–Crippen MR) is 53.3 cm³/mol. The first-order valence-corrected chi connectivity index (χ1v) is 4.91. The van der Waals surface area contributed by atoms with E-state index in [0.717, 1.165) is 16.8 Å². The number of nitrogens with zero attached hydrogens (tertiary/aromatic N) is 4. The minimum absolute atomic E-state index is 0.186. The molecule has 0 fully saturated rings. The van der Waals surface area contributed by atoms with Crippen molar-refractivity contribution in [2.24, 2.45) is 0 Å². The van der Waals surface area contributed by atoms with Gasteiger partial charge in [-0.15, -0.1) is 16.7 Å². The average molecular weight is 245 g/mol. The van der Waals surface area contributed by atoms with Crippen molar-refractivity contribution < 1.29 is 8.78 Å². The van der Waals surface area contributed by atoms with E-state index in [0.29, 0.717) is 0 Å². The summed E-state index contributed by atoms with van der Waals surface area (Å²) in [5, 5.41) is 9.93. The normalized spacial score (nSPS) is 12.8. The fourth-order valence-electron chi connectivity index (χ4n) is 1.29. The minimum Gasteiger partial charge on any atom is -0.204 e. The van der Waals surface area contributed by atoms with Crippen LogP contribution in [0.25, 0.3) is 5.69 Å². The molecule has 0 aliphatic heterocycles. The molecule has 2 rings (SSSR count). The van der Waals surface area contributed by atoms with E-state index in [2.05, 4.69) is 15.5 Å². The Balaban J connectivity index is 2.63. The van der Waals surface area contributed by atoms with Crippen molar-refractivity contribution in [3.8, 4) is 5.69 Å². The molecule has 84 valence electrons. The Bertz CT molecular complexity index is 492. The number of benzene rings is 1. The van der Waals surface area contributed by atoms with Crippen molar-refractivity contribution in [2.75, 3.05) is 0 Å². The lowest BCUT2D eigenvalue weighted by Crippen LogP contribution is -2.08. The minimum atomic E-state index is -0.745. The number of para-hydroxylation sites is 1. The fourth-order valence-corrected chi connectivity index (χ4v) is 1.43. The Labute approximate surface area is 94.8 Å². The maximum atomic E-state index is 13.5. The lowest BCUT2D eigenvalue weighted by atomic mass is 10.3. The molecule has 1 unspecified atom stereocenters. The molecule has 0 amide bonds. The van der Waals surface area contributed by atoms with Gasteiger partial charge in [0, 0.05) is 0 Å². The molecule has 1 heterocycles. The summed E-state index contributed by atoms with van der Waals surface area (Å²) >= 11 is 5.80. The number of rotatable bonds is 2. The van der Waals surface area contributed by atoms with Gasteiger partial charge in [0.25, 0.3) is 0 Å². The highest BCUT2D eigenvalue weighted by molar-refractivity contribution is 6.20. The van der Waals surface area contributed by atoms with Gasteiger partial charge >= 0.3 is 0 Å². The lowest BCUT2D eigenvalue weighted by molar-refractivity contribution is 0.551.